The number of benzene rings is 1. The van der Waals surface area contributed by atoms with E-state index in [1.807, 2.05) is 35.2 Å². The SMILES string of the molecule is O=C(O)c1cccc(N2CCC(O)(c3ccccc3)CC2)n1. The fourth-order valence-electron chi connectivity index (χ4n) is 2.86. The molecule has 0 saturated carbocycles. The van der Waals surface area contributed by atoms with Crippen molar-refractivity contribution >= 4 is 11.8 Å². The summed E-state index contributed by atoms with van der Waals surface area (Å²) in [6.07, 6.45) is 1.19. The van der Waals surface area contributed by atoms with Gasteiger partial charge in [-0.25, -0.2) is 9.78 Å². The summed E-state index contributed by atoms with van der Waals surface area (Å²) in [6.45, 7) is 1.28. The highest BCUT2D eigenvalue weighted by atomic mass is 16.4. The van der Waals surface area contributed by atoms with Crippen molar-refractivity contribution in [3.63, 3.8) is 0 Å². The molecule has 3 rings (SSSR count). The summed E-state index contributed by atoms with van der Waals surface area (Å²) in [4.78, 5) is 17.2. The van der Waals surface area contributed by atoms with Gasteiger partial charge in [0.25, 0.3) is 0 Å². The molecule has 5 heteroatoms. The summed E-state index contributed by atoms with van der Waals surface area (Å²) in [6, 6.07) is 14.7. The Kier molecular flexibility index (Phi) is 3.81. The third-order valence-electron chi connectivity index (χ3n) is 4.18. The molecule has 1 saturated heterocycles. The molecule has 0 bridgehead atoms. The molecule has 1 aromatic heterocycles. The number of aromatic carboxylic acids is 1. The van der Waals surface area contributed by atoms with Crippen LogP contribution in [0.4, 0.5) is 5.82 Å². The number of hydrogen-bond acceptors (Lipinski definition) is 4. The average Bonchev–Trinajstić information content (AvgIpc) is 2.56. The molecule has 0 radical (unpaired) electrons. The van der Waals surface area contributed by atoms with Crippen molar-refractivity contribution in [2.24, 2.45) is 0 Å². The van der Waals surface area contributed by atoms with Crippen LogP contribution in [-0.4, -0.2) is 34.3 Å². The topological polar surface area (TPSA) is 73.7 Å². The summed E-state index contributed by atoms with van der Waals surface area (Å²) in [5.74, 6) is -0.380. The molecule has 0 atom stereocenters. The van der Waals surface area contributed by atoms with Gasteiger partial charge in [-0.3, -0.25) is 0 Å². The van der Waals surface area contributed by atoms with Crippen molar-refractivity contribution in [3.05, 3.63) is 59.8 Å². The number of carboxylic acid groups (broad SMARTS) is 1. The minimum absolute atomic E-state index is 0.0430. The third-order valence-corrected chi connectivity index (χ3v) is 4.18. The molecule has 2 heterocycles. The molecule has 2 N–H and O–H groups in total. The molecule has 5 nitrogen and oxygen atoms in total. The maximum atomic E-state index is 11.0. The van der Waals surface area contributed by atoms with Crippen molar-refractivity contribution in [1.82, 2.24) is 4.98 Å². The van der Waals surface area contributed by atoms with Crippen LogP contribution in [0.2, 0.25) is 0 Å². The van der Waals surface area contributed by atoms with Crippen LogP contribution in [-0.2, 0) is 5.60 Å². The van der Waals surface area contributed by atoms with E-state index >= 15 is 0 Å². The summed E-state index contributed by atoms with van der Waals surface area (Å²) in [7, 11) is 0. The van der Waals surface area contributed by atoms with Gasteiger partial charge in [-0.15, -0.1) is 0 Å². The maximum absolute atomic E-state index is 11.0. The number of pyridine rings is 1. The van der Waals surface area contributed by atoms with Gasteiger partial charge in [0.15, 0.2) is 5.69 Å². The predicted octanol–water partition coefficient (Wildman–Crippen LogP) is 2.27. The zero-order chi connectivity index (χ0) is 15.6. The van der Waals surface area contributed by atoms with E-state index in [1.54, 1.807) is 12.1 Å². The molecule has 114 valence electrons. The number of aliphatic hydroxyl groups is 1. The first-order valence-corrected chi connectivity index (χ1v) is 7.32. The Morgan fingerprint density at radius 2 is 1.73 bits per heavy atom. The molecule has 1 aromatic carbocycles. The Labute approximate surface area is 128 Å². The lowest BCUT2D eigenvalue weighted by Crippen LogP contribution is -2.43. The highest BCUT2D eigenvalue weighted by Crippen LogP contribution is 2.33. The number of rotatable bonds is 3. The quantitative estimate of drug-likeness (QED) is 0.909. The predicted molar refractivity (Wildman–Crippen MR) is 83.0 cm³/mol. The van der Waals surface area contributed by atoms with Crippen molar-refractivity contribution in [2.75, 3.05) is 18.0 Å². The Morgan fingerprint density at radius 3 is 2.36 bits per heavy atom. The van der Waals surface area contributed by atoms with Crippen molar-refractivity contribution in [1.29, 1.82) is 0 Å². The van der Waals surface area contributed by atoms with E-state index in [0.29, 0.717) is 31.7 Å². The van der Waals surface area contributed by atoms with Crippen molar-refractivity contribution in [3.8, 4) is 0 Å². The lowest BCUT2D eigenvalue weighted by Gasteiger charge is -2.39. The molecular weight excluding hydrogens is 280 g/mol. The van der Waals surface area contributed by atoms with Crippen LogP contribution in [0, 0.1) is 0 Å². The maximum Gasteiger partial charge on any atom is 0.354 e. The number of aromatic nitrogens is 1. The van der Waals surface area contributed by atoms with Crippen molar-refractivity contribution < 1.29 is 15.0 Å². The van der Waals surface area contributed by atoms with Crippen molar-refractivity contribution in [2.45, 2.75) is 18.4 Å². The van der Waals surface area contributed by atoms with Gasteiger partial charge in [-0.2, -0.15) is 0 Å². The first kappa shape index (κ1) is 14.5. The van der Waals surface area contributed by atoms with Crippen LogP contribution >= 0.6 is 0 Å². The molecule has 22 heavy (non-hydrogen) atoms. The molecule has 1 aliphatic heterocycles. The summed E-state index contributed by atoms with van der Waals surface area (Å²) in [5, 5.41) is 19.8. The van der Waals surface area contributed by atoms with E-state index in [0.717, 1.165) is 5.56 Å². The van der Waals surface area contributed by atoms with Gasteiger partial charge in [0.2, 0.25) is 0 Å². The Balaban J connectivity index is 1.74. The van der Waals surface area contributed by atoms with E-state index in [-0.39, 0.29) is 5.69 Å². The zero-order valence-electron chi connectivity index (χ0n) is 12.1. The largest absolute Gasteiger partial charge is 0.477 e. The normalized spacial score (nSPS) is 17.2. The van der Waals surface area contributed by atoms with Gasteiger partial charge < -0.3 is 15.1 Å². The lowest BCUT2D eigenvalue weighted by molar-refractivity contribution is 0.0116. The van der Waals surface area contributed by atoms with Crippen LogP contribution in [0.1, 0.15) is 28.9 Å². The van der Waals surface area contributed by atoms with Gasteiger partial charge in [0, 0.05) is 13.1 Å². The first-order valence-electron chi connectivity index (χ1n) is 7.32. The third kappa shape index (κ3) is 2.80. The number of carbonyl (C=O) groups is 1. The second kappa shape index (κ2) is 5.77. The fourth-order valence-corrected chi connectivity index (χ4v) is 2.86. The molecule has 2 aromatic rings. The second-order valence-electron chi connectivity index (χ2n) is 5.57. The highest BCUT2D eigenvalue weighted by molar-refractivity contribution is 5.85. The van der Waals surface area contributed by atoms with Gasteiger partial charge in [0.05, 0.1) is 5.60 Å². The number of hydrogen-bond donors (Lipinski definition) is 2. The molecular formula is C17H18N2O3. The molecule has 1 aliphatic rings. The second-order valence-corrected chi connectivity index (χ2v) is 5.57. The summed E-state index contributed by atoms with van der Waals surface area (Å²) < 4.78 is 0. The molecule has 0 amide bonds. The van der Waals surface area contributed by atoms with Crippen LogP contribution < -0.4 is 4.90 Å². The van der Waals surface area contributed by atoms with Gasteiger partial charge in [-0.05, 0) is 30.5 Å². The average molecular weight is 298 g/mol. The summed E-state index contributed by atoms with van der Waals surface area (Å²) in [5.41, 5.74) is 0.158. The monoisotopic (exact) mass is 298 g/mol. The van der Waals surface area contributed by atoms with Gasteiger partial charge in [-0.1, -0.05) is 36.4 Å². The molecule has 0 spiro atoms. The number of piperidine rings is 1. The minimum Gasteiger partial charge on any atom is -0.477 e. The number of nitrogens with zero attached hydrogens (tertiary/aromatic N) is 2. The first-order chi connectivity index (χ1) is 10.6. The van der Waals surface area contributed by atoms with Crippen LogP contribution in [0.15, 0.2) is 48.5 Å². The lowest BCUT2D eigenvalue weighted by atomic mass is 9.84. The smallest absolute Gasteiger partial charge is 0.354 e. The number of carboxylic acids is 1. The van der Waals surface area contributed by atoms with E-state index in [9.17, 15) is 9.90 Å². The van der Waals surface area contributed by atoms with Gasteiger partial charge >= 0.3 is 5.97 Å². The van der Waals surface area contributed by atoms with Crippen LogP contribution in [0.5, 0.6) is 0 Å². The van der Waals surface area contributed by atoms with Crippen LogP contribution in [0.25, 0.3) is 0 Å². The number of anilines is 1. The highest BCUT2D eigenvalue weighted by Gasteiger charge is 2.34. The Morgan fingerprint density at radius 1 is 1.05 bits per heavy atom. The van der Waals surface area contributed by atoms with E-state index in [1.165, 1.54) is 6.07 Å². The van der Waals surface area contributed by atoms with E-state index in [2.05, 4.69) is 4.98 Å². The van der Waals surface area contributed by atoms with Crippen LogP contribution in [0.3, 0.4) is 0 Å². The fraction of sp³-hybridized carbons (Fsp3) is 0.294. The van der Waals surface area contributed by atoms with E-state index in [4.69, 9.17) is 5.11 Å². The molecule has 1 fully saturated rings. The molecule has 0 aliphatic carbocycles. The minimum atomic E-state index is -1.03. The van der Waals surface area contributed by atoms with E-state index < -0.39 is 11.6 Å². The summed E-state index contributed by atoms with van der Waals surface area (Å²) >= 11 is 0. The standard InChI is InChI=1S/C17H18N2O3/c20-16(21)14-7-4-8-15(18-14)19-11-9-17(22,10-12-19)13-5-2-1-3-6-13/h1-8,22H,9-12H2,(H,20,21). The Hall–Kier alpha value is -2.40. The molecule has 0 unspecified atom stereocenters. The Bertz CT molecular complexity index is 665. The zero-order valence-corrected chi connectivity index (χ0v) is 12.1. The van der Waals surface area contributed by atoms with Gasteiger partial charge in [0.1, 0.15) is 5.82 Å².